The summed E-state index contributed by atoms with van der Waals surface area (Å²) in [5.74, 6) is -0.412. The molecule has 1 fully saturated rings. The first kappa shape index (κ1) is 13.8. The van der Waals surface area contributed by atoms with Crippen LogP contribution >= 0.6 is 0 Å². The average Bonchev–Trinajstić information content (AvgIpc) is 2.91. The largest absolute Gasteiger partial charge is 0.476 e. The van der Waals surface area contributed by atoms with Gasteiger partial charge >= 0.3 is 5.97 Å². The van der Waals surface area contributed by atoms with Gasteiger partial charge in [0.25, 0.3) is 0 Å². The lowest BCUT2D eigenvalue weighted by molar-refractivity contribution is 0.0689. The number of benzene rings is 1. The smallest absolute Gasteiger partial charge is 0.356 e. The SMILES string of the molecule is Cn1nc(C(=O)O)cc1-c1cccc(C2CCNCC2)c1. The second-order valence-corrected chi connectivity index (χ2v) is 5.49. The lowest BCUT2D eigenvalue weighted by Gasteiger charge is -2.23. The highest BCUT2D eigenvalue weighted by Crippen LogP contribution is 2.29. The van der Waals surface area contributed by atoms with Crippen molar-refractivity contribution in [3.8, 4) is 11.3 Å². The van der Waals surface area contributed by atoms with Gasteiger partial charge in [0.1, 0.15) is 0 Å². The zero-order valence-corrected chi connectivity index (χ0v) is 12.0. The fourth-order valence-corrected chi connectivity index (χ4v) is 2.95. The fourth-order valence-electron chi connectivity index (χ4n) is 2.95. The van der Waals surface area contributed by atoms with Crippen LogP contribution in [0.15, 0.2) is 30.3 Å². The number of hydrogen-bond acceptors (Lipinski definition) is 3. The Morgan fingerprint density at radius 2 is 2.10 bits per heavy atom. The normalized spacial score (nSPS) is 16.0. The van der Waals surface area contributed by atoms with Gasteiger partial charge in [-0.3, -0.25) is 4.68 Å². The van der Waals surface area contributed by atoms with Gasteiger partial charge in [0.2, 0.25) is 0 Å². The van der Waals surface area contributed by atoms with E-state index in [1.54, 1.807) is 17.8 Å². The van der Waals surface area contributed by atoms with Crippen molar-refractivity contribution < 1.29 is 9.90 Å². The lowest BCUT2D eigenvalue weighted by Crippen LogP contribution is -2.26. The van der Waals surface area contributed by atoms with Crippen LogP contribution in [0, 0.1) is 0 Å². The molecule has 0 saturated carbocycles. The van der Waals surface area contributed by atoms with Crippen molar-refractivity contribution in [1.82, 2.24) is 15.1 Å². The summed E-state index contributed by atoms with van der Waals surface area (Å²) in [6.07, 6.45) is 2.30. The molecule has 2 heterocycles. The second kappa shape index (κ2) is 5.69. The minimum Gasteiger partial charge on any atom is -0.476 e. The molecule has 0 amide bonds. The quantitative estimate of drug-likeness (QED) is 0.907. The molecule has 1 aliphatic heterocycles. The van der Waals surface area contributed by atoms with Crippen molar-refractivity contribution in [2.75, 3.05) is 13.1 Å². The number of carbonyl (C=O) groups is 1. The third-order valence-corrected chi connectivity index (χ3v) is 4.09. The Bertz CT molecular complexity index is 657. The Hall–Kier alpha value is -2.14. The van der Waals surface area contributed by atoms with Crippen molar-refractivity contribution in [2.24, 2.45) is 7.05 Å². The predicted molar refractivity (Wildman–Crippen MR) is 80.4 cm³/mol. The van der Waals surface area contributed by atoms with Gasteiger partial charge in [0, 0.05) is 12.6 Å². The highest BCUT2D eigenvalue weighted by Gasteiger charge is 2.17. The first-order valence-electron chi connectivity index (χ1n) is 7.23. The summed E-state index contributed by atoms with van der Waals surface area (Å²) in [5.41, 5.74) is 3.27. The first-order chi connectivity index (χ1) is 10.1. The number of carboxylic acids is 1. The minimum absolute atomic E-state index is 0.0831. The molecule has 0 radical (unpaired) electrons. The third kappa shape index (κ3) is 2.83. The van der Waals surface area contributed by atoms with E-state index in [4.69, 9.17) is 5.11 Å². The summed E-state index contributed by atoms with van der Waals surface area (Å²) in [5, 5.41) is 16.5. The maximum absolute atomic E-state index is 11.0. The molecule has 110 valence electrons. The molecule has 5 heteroatoms. The predicted octanol–water partition coefficient (Wildman–Crippen LogP) is 2.25. The van der Waals surface area contributed by atoms with E-state index in [9.17, 15) is 4.79 Å². The summed E-state index contributed by atoms with van der Waals surface area (Å²) < 4.78 is 1.63. The third-order valence-electron chi connectivity index (χ3n) is 4.09. The van der Waals surface area contributed by atoms with Crippen LogP contribution in [0.25, 0.3) is 11.3 Å². The number of nitrogens with one attached hydrogen (secondary N) is 1. The summed E-state index contributed by atoms with van der Waals surface area (Å²) in [7, 11) is 1.78. The molecular weight excluding hydrogens is 266 g/mol. The number of aryl methyl sites for hydroxylation is 1. The molecule has 21 heavy (non-hydrogen) atoms. The van der Waals surface area contributed by atoms with Crippen molar-refractivity contribution in [1.29, 1.82) is 0 Å². The summed E-state index contributed by atoms with van der Waals surface area (Å²) in [6.45, 7) is 2.12. The minimum atomic E-state index is -0.994. The van der Waals surface area contributed by atoms with Crippen LogP contribution in [0.5, 0.6) is 0 Å². The highest BCUT2D eigenvalue weighted by atomic mass is 16.4. The van der Waals surface area contributed by atoms with Crippen molar-refractivity contribution in [3.05, 3.63) is 41.6 Å². The molecular formula is C16H19N3O2. The fraction of sp³-hybridized carbons (Fsp3) is 0.375. The molecule has 0 aliphatic carbocycles. The number of carboxylic acid groups (broad SMARTS) is 1. The summed E-state index contributed by atoms with van der Waals surface area (Å²) in [4.78, 5) is 11.0. The lowest BCUT2D eigenvalue weighted by atomic mass is 9.89. The number of hydrogen-bond donors (Lipinski definition) is 2. The van der Waals surface area contributed by atoms with Crippen LogP contribution in [0.2, 0.25) is 0 Å². The molecule has 1 aromatic heterocycles. The molecule has 1 aromatic carbocycles. The summed E-state index contributed by atoms with van der Waals surface area (Å²) in [6, 6.07) is 10.0. The van der Waals surface area contributed by atoms with Crippen LogP contribution in [0.4, 0.5) is 0 Å². The van der Waals surface area contributed by atoms with Gasteiger partial charge in [-0.05, 0) is 49.5 Å². The Balaban J connectivity index is 1.93. The molecule has 2 aromatic rings. The molecule has 1 saturated heterocycles. The Morgan fingerprint density at radius 1 is 1.33 bits per heavy atom. The van der Waals surface area contributed by atoms with Gasteiger partial charge in [-0.25, -0.2) is 4.79 Å². The molecule has 0 spiro atoms. The Morgan fingerprint density at radius 3 is 2.76 bits per heavy atom. The Labute approximate surface area is 123 Å². The van der Waals surface area contributed by atoms with Crippen LogP contribution in [-0.2, 0) is 7.05 Å². The number of piperidine rings is 1. The average molecular weight is 285 g/mol. The number of aromatic carboxylic acids is 1. The zero-order valence-electron chi connectivity index (χ0n) is 12.0. The van der Waals surface area contributed by atoms with Crippen LogP contribution in [0.1, 0.15) is 34.8 Å². The molecule has 0 atom stereocenters. The number of nitrogens with zero attached hydrogens (tertiary/aromatic N) is 2. The first-order valence-corrected chi connectivity index (χ1v) is 7.23. The summed E-state index contributed by atoms with van der Waals surface area (Å²) >= 11 is 0. The van der Waals surface area contributed by atoms with Gasteiger partial charge in [-0.2, -0.15) is 5.10 Å². The van der Waals surface area contributed by atoms with Gasteiger partial charge < -0.3 is 10.4 Å². The van der Waals surface area contributed by atoms with Crippen molar-refractivity contribution in [2.45, 2.75) is 18.8 Å². The maximum Gasteiger partial charge on any atom is 0.356 e. The van der Waals surface area contributed by atoms with Crippen molar-refractivity contribution in [3.63, 3.8) is 0 Å². The van der Waals surface area contributed by atoms with E-state index in [2.05, 4.69) is 22.5 Å². The van der Waals surface area contributed by atoms with E-state index >= 15 is 0 Å². The number of aromatic nitrogens is 2. The molecule has 5 nitrogen and oxygen atoms in total. The zero-order chi connectivity index (χ0) is 14.8. The van der Waals surface area contributed by atoms with Gasteiger partial charge in [0.05, 0.1) is 5.69 Å². The van der Waals surface area contributed by atoms with Crippen molar-refractivity contribution >= 4 is 5.97 Å². The molecule has 1 aliphatic rings. The van der Waals surface area contributed by atoms with Gasteiger partial charge in [-0.15, -0.1) is 0 Å². The molecule has 3 rings (SSSR count). The van der Waals surface area contributed by atoms with Crippen LogP contribution in [0.3, 0.4) is 0 Å². The van der Waals surface area contributed by atoms with E-state index in [0.29, 0.717) is 5.92 Å². The van der Waals surface area contributed by atoms with E-state index in [-0.39, 0.29) is 5.69 Å². The monoisotopic (exact) mass is 285 g/mol. The maximum atomic E-state index is 11.0. The van der Waals surface area contributed by atoms with Gasteiger partial charge in [0.15, 0.2) is 5.69 Å². The highest BCUT2D eigenvalue weighted by molar-refractivity contribution is 5.87. The Kier molecular flexibility index (Phi) is 3.75. The molecule has 0 unspecified atom stereocenters. The van der Waals surface area contributed by atoms with Crippen LogP contribution in [-0.4, -0.2) is 33.9 Å². The van der Waals surface area contributed by atoms with E-state index in [1.165, 1.54) is 5.56 Å². The topological polar surface area (TPSA) is 67.2 Å². The standard InChI is InChI=1S/C16H19N3O2/c1-19-15(10-14(18-19)16(20)21)13-4-2-3-12(9-13)11-5-7-17-8-6-11/h2-4,9-11,17H,5-8H2,1H3,(H,20,21). The molecule has 2 N–H and O–H groups in total. The van der Waals surface area contributed by atoms with E-state index < -0.39 is 5.97 Å². The van der Waals surface area contributed by atoms with E-state index in [0.717, 1.165) is 37.2 Å². The van der Waals surface area contributed by atoms with E-state index in [1.807, 2.05) is 12.1 Å². The molecule has 0 bridgehead atoms. The van der Waals surface area contributed by atoms with Gasteiger partial charge in [-0.1, -0.05) is 18.2 Å². The second-order valence-electron chi connectivity index (χ2n) is 5.49. The van der Waals surface area contributed by atoms with Crippen LogP contribution < -0.4 is 5.32 Å². The number of rotatable bonds is 3.